The minimum absolute atomic E-state index is 0.123. The van der Waals surface area contributed by atoms with E-state index in [4.69, 9.17) is 9.84 Å². The van der Waals surface area contributed by atoms with Crippen LogP contribution in [-0.4, -0.2) is 42.9 Å². The second-order valence-corrected chi connectivity index (χ2v) is 6.71. The number of anilines is 1. The van der Waals surface area contributed by atoms with Crippen LogP contribution in [0.15, 0.2) is 53.4 Å². The summed E-state index contributed by atoms with van der Waals surface area (Å²) in [6.07, 6.45) is 1.45. The van der Waals surface area contributed by atoms with Crippen LogP contribution in [0.2, 0.25) is 0 Å². The van der Waals surface area contributed by atoms with E-state index in [1.165, 1.54) is 11.8 Å². The van der Waals surface area contributed by atoms with E-state index in [2.05, 4.69) is 10.6 Å². The molecule has 0 heterocycles. The third-order valence-electron chi connectivity index (χ3n) is 3.87. The number of hydrogen-bond acceptors (Lipinski definition) is 5. The summed E-state index contributed by atoms with van der Waals surface area (Å²) >= 11 is 1.48. The van der Waals surface area contributed by atoms with E-state index in [0.717, 1.165) is 16.0 Å². The van der Waals surface area contributed by atoms with Crippen molar-refractivity contribution >= 4 is 29.3 Å². The van der Waals surface area contributed by atoms with Crippen molar-refractivity contribution in [2.75, 3.05) is 31.3 Å². The summed E-state index contributed by atoms with van der Waals surface area (Å²) < 4.78 is 5.60. The van der Waals surface area contributed by atoms with Gasteiger partial charge in [0.25, 0.3) is 0 Å². The van der Waals surface area contributed by atoms with Crippen LogP contribution < -0.4 is 10.6 Å². The van der Waals surface area contributed by atoms with E-state index in [1.54, 1.807) is 12.1 Å². The SMILES string of the molecule is CSc1ccccc1NC(=O)C(=O)NCC(OCCO)c1ccc(C)cc1. The van der Waals surface area contributed by atoms with Crippen molar-refractivity contribution in [3.8, 4) is 0 Å². The Labute approximate surface area is 163 Å². The Balaban J connectivity index is 1.97. The fourth-order valence-corrected chi connectivity index (χ4v) is 3.00. The quantitative estimate of drug-likeness (QED) is 0.478. The summed E-state index contributed by atoms with van der Waals surface area (Å²) in [5, 5.41) is 14.2. The largest absolute Gasteiger partial charge is 0.394 e. The molecule has 0 aliphatic rings. The number of rotatable bonds is 8. The molecule has 2 amide bonds. The predicted octanol–water partition coefficient (Wildman–Crippen LogP) is 2.52. The number of carbonyl (C=O) groups is 2. The summed E-state index contributed by atoms with van der Waals surface area (Å²) in [6.45, 7) is 2.12. The monoisotopic (exact) mass is 388 g/mol. The van der Waals surface area contributed by atoms with Crippen LogP contribution in [0.3, 0.4) is 0 Å². The van der Waals surface area contributed by atoms with Crippen molar-refractivity contribution in [1.82, 2.24) is 5.32 Å². The zero-order chi connectivity index (χ0) is 19.6. The number of benzene rings is 2. The van der Waals surface area contributed by atoms with Crippen LogP contribution in [0, 0.1) is 6.92 Å². The van der Waals surface area contributed by atoms with Gasteiger partial charge in [0.1, 0.15) is 0 Å². The van der Waals surface area contributed by atoms with Crippen molar-refractivity contribution < 1.29 is 19.4 Å². The van der Waals surface area contributed by atoms with Gasteiger partial charge in [0.05, 0.1) is 25.0 Å². The van der Waals surface area contributed by atoms with Gasteiger partial charge < -0.3 is 20.5 Å². The third-order valence-corrected chi connectivity index (χ3v) is 4.66. The zero-order valence-corrected chi connectivity index (χ0v) is 16.2. The Kier molecular flexibility index (Phi) is 8.32. The van der Waals surface area contributed by atoms with E-state index in [1.807, 2.05) is 49.6 Å². The van der Waals surface area contributed by atoms with Crippen molar-refractivity contribution in [1.29, 1.82) is 0 Å². The minimum atomic E-state index is -0.740. The van der Waals surface area contributed by atoms with Gasteiger partial charge in [-0.2, -0.15) is 0 Å². The van der Waals surface area contributed by atoms with Crippen molar-refractivity contribution in [3.05, 3.63) is 59.7 Å². The van der Waals surface area contributed by atoms with Gasteiger partial charge in [-0.1, -0.05) is 42.0 Å². The standard InChI is InChI=1S/C20H24N2O4S/c1-14-7-9-15(10-8-14)17(26-12-11-23)13-21-19(24)20(25)22-16-5-3-4-6-18(16)27-2/h3-10,17,23H,11-13H2,1-2H3,(H,21,24)(H,22,25). The molecule has 1 unspecified atom stereocenters. The first kappa shape index (κ1) is 21.0. The fourth-order valence-electron chi connectivity index (χ4n) is 2.44. The molecule has 0 aliphatic carbocycles. The smallest absolute Gasteiger partial charge is 0.313 e. The molecule has 6 nitrogen and oxygen atoms in total. The molecule has 2 aromatic carbocycles. The number of ether oxygens (including phenoxy) is 1. The lowest BCUT2D eigenvalue weighted by Crippen LogP contribution is -2.38. The molecule has 0 saturated carbocycles. The molecule has 0 aromatic heterocycles. The summed E-state index contributed by atoms with van der Waals surface area (Å²) in [7, 11) is 0. The Morgan fingerprint density at radius 2 is 1.81 bits per heavy atom. The molecule has 0 saturated heterocycles. The summed E-state index contributed by atoms with van der Waals surface area (Å²) in [5.41, 5.74) is 2.56. The van der Waals surface area contributed by atoms with Crippen LogP contribution in [0.4, 0.5) is 5.69 Å². The van der Waals surface area contributed by atoms with Crippen molar-refractivity contribution in [2.24, 2.45) is 0 Å². The van der Waals surface area contributed by atoms with Crippen LogP contribution in [-0.2, 0) is 14.3 Å². The average Bonchev–Trinajstić information content (AvgIpc) is 2.69. The molecule has 0 radical (unpaired) electrons. The second kappa shape index (κ2) is 10.7. The number of carbonyl (C=O) groups excluding carboxylic acids is 2. The number of aryl methyl sites for hydroxylation is 1. The highest BCUT2D eigenvalue weighted by Crippen LogP contribution is 2.24. The number of thioether (sulfide) groups is 1. The molecule has 0 bridgehead atoms. The molecular formula is C20H24N2O4S. The van der Waals surface area contributed by atoms with E-state index in [9.17, 15) is 9.59 Å². The van der Waals surface area contributed by atoms with Gasteiger partial charge in [-0.15, -0.1) is 11.8 Å². The first-order valence-corrected chi connectivity index (χ1v) is 9.79. The lowest BCUT2D eigenvalue weighted by atomic mass is 10.1. The highest BCUT2D eigenvalue weighted by Gasteiger charge is 2.18. The Hall–Kier alpha value is -2.35. The van der Waals surface area contributed by atoms with Gasteiger partial charge in [-0.05, 0) is 30.9 Å². The van der Waals surface area contributed by atoms with Gasteiger partial charge in [0.2, 0.25) is 0 Å². The highest BCUT2D eigenvalue weighted by atomic mass is 32.2. The molecule has 0 spiro atoms. The topological polar surface area (TPSA) is 87.7 Å². The fraction of sp³-hybridized carbons (Fsp3) is 0.300. The maximum atomic E-state index is 12.2. The number of nitrogens with one attached hydrogen (secondary N) is 2. The molecule has 7 heteroatoms. The van der Waals surface area contributed by atoms with Gasteiger partial charge in [-0.25, -0.2) is 0 Å². The van der Waals surface area contributed by atoms with Gasteiger partial charge >= 0.3 is 11.8 Å². The van der Waals surface area contributed by atoms with E-state index in [0.29, 0.717) is 5.69 Å². The maximum Gasteiger partial charge on any atom is 0.313 e. The highest BCUT2D eigenvalue weighted by molar-refractivity contribution is 7.98. The normalized spacial score (nSPS) is 11.7. The summed E-state index contributed by atoms with van der Waals surface area (Å²) in [4.78, 5) is 25.2. The Morgan fingerprint density at radius 1 is 1.11 bits per heavy atom. The van der Waals surface area contributed by atoms with E-state index < -0.39 is 17.9 Å². The molecule has 27 heavy (non-hydrogen) atoms. The van der Waals surface area contributed by atoms with Crippen molar-refractivity contribution in [3.63, 3.8) is 0 Å². The molecule has 2 rings (SSSR count). The van der Waals surface area contributed by atoms with Gasteiger partial charge in [-0.3, -0.25) is 9.59 Å². The van der Waals surface area contributed by atoms with Crippen LogP contribution >= 0.6 is 11.8 Å². The zero-order valence-electron chi connectivity index (χ0n) is 15.4. The van der Waals surface area contributed by atoms with Crippen LogP contribution in [0.5, 0.6) is 0 Å². The number of para-hydroxylation sites is 1. The number of aliphatic hydroxyl groups excluding tert-OH is 1. The molecule has 0 fully saturated rings. The number of aliphatic hydroxyl groups is 1. The van der Waals surface area contributed by atoms with Crippen LogP contribution in [0.1, 0.15) is 17.2 Å². The first-order valence-electron chi connectivity index (χ1n) is 8.56. The third kappa shape index (κ3) is 6.39. The predicted molar refractivity (Wildman–Crippen MR) is 107 cm³/mol. The molecule has 2 aromatic rings. The molecular weight excluding hydrogens is 364 g/mol. The Morgan fingerprint density at radius 3 is 2.48 bits per heavy atom. The van der Waals surface area contributed by atoms with Gasteiger partial charge in [0, 0.05) is 11.4 Å². The molecule has 3 N–H and O–H groups in total. The number of hydrogen-bond donors (Lipinski definition) is 3. The molecule has 1 atom stereocenters. The van der Waals surface area contributed by atoms with Gasteiger partial charge in [0.15, 0.2) is 0 Å². The second-order valence-electron chi connectivity index (χ2n) is 5.86. The average molecular weight is 388 g/mol. The lowest BCUT2D eigenvalue weighted by molar-refractivity contribution is -0.136. The van der Waals surface area contributed by atoms with Crippen LogP contribution in [0.25, 0.3) is 0 Å². The number of amides is 2. The molecule has 0 aliphatic heterocycles. The first-order chi connectivity index (χ1) is 13.0. The van der Waals surface area contributed by atoms with Crippen molar-refractivity contribution in [2.45, 2.75) is 17.9 Å². The van der Waals surface area contributed by atoms with E-state index >= 15 is 0 Å². The minimum Gasteiger partial charge on any atom is -0.394 e. The lowest BCUT2D eigenvalue weighted by Gasteiger charge is -2.19. The molecule has 144 valence electrons. The van der Waals surface area contributed by atoms with E-state index in [-0.39, 0.29) is 19.8 Å². The summed E-state index contributed by atoms with van der Waals surface area (Å²) in [6, 6.07) is 15.0. The maximum absolute atomic E-state index is 12.2. The summed E-state index contributed by atoms with van der Waals surface area (Å²) in [5.74, 6) is -1.48. The Bertz CT molecular complexity index is 765.